The van der Waals surface area contributed by atoms with E-state index in [-0.39, 0.29) is 5.91 Å². The highest BCUT2D eigenvalue weighted by Gasteiger charge is 2.38. The average Bonchev–Trinajstić information content (AvgIpc) is 2.63. The van der Waals surface area contributed by atoms with Gasteiger partial charge < -0.3 is 16.0 Å². The van der Waals surface area contributed by atoms with E-state index < -0.39 is 0 Å². The maximum atomic E-state index is 10.9. The van der Waals surface area contributed by atoms with Gasteiger partial charge >= 0.3 is 0 Å². The zero-order chi connectivity index (χ0) is 14.1. The average molecular weight is 280 g/mol. The number of rotatable bonds is 4. The molecule has 3 heterocycles. The van der Waals surface area contributed by atoms with Crippen LogP contribution < -0.4 is 11.1 Å². The Kier molecular flexibility index (Phi) is 4.29. The van der Waals surface area contributed by atoms with Gasteiger partial charge in [0.2, 0.25) is 5.91 Å². The van der Waals surface area contributed by atoms with Crippen molar-refractivity contribution in [2.24, 2.45) is 5.73 Å². The molecule has 0 aromatic carbocycles. The maximum Gasteiger partial charge on any atom is 0.231 e. The van der Waals surface area contributed by atoms with Crippen LogP contribution in [-0.4, -0.2) is 66.6 Å². The summed E-state index contributed by atoms with van der Waals surface area (Å²) in [6.45, 7) is 2.42. The summed E-state index contributed by atoms with van der Waals surface area (Å²) in [6, 6.07) is 2.95. The Morgan fingerprint density at radius 1 is 1.10 bits per heavy atom. The van der Waals surface area contributed by atoms with Gasteiger partial charge in [0.15, 0.2) is 0 Å². The third kappa shape index (κ3) is 3.15. The van der Waals surface area contributed by atoms with Crippen molar-refractivity contribution in [3.8, 4) is 0 Å². The first-order valence-electron chi connectivity index (χ1n) is 8.10. The second-order valence-corrected chi connectivity index (χ2v) is 6.90. The monoisotopic (exact) mass is 280 g/mol. The lowest BCUT2D eigenvalue weighted by Gasteiger charge is -2.40. The van der Waals surface area contributed by atoms with E-state index in [0.29, 0.717) is 18.6 Å². The number of amides is 1. The van der Waals surface area contributed by atoms with Crippen molar-refractivity contribution in [2.45, 2.75) is 62.7 Å². The third-order valence-electron chi connectivity index (χ3n) is 5.54. The molecule has 3 fully saturated rings. The van der Waals surface area contributed by atoms with Crippen molar-refractivity contribution in [3.05, 3.63) is 0 Å². The van der Waals surface area contributed by atoms with E-state index in [0.717, 1.165) is 38.0 Å². The Labute approximate surface area is 121 Å². The quantitative estimate of drug-likeness (QED) is 0.769. The number of hydrogen-bond donors (Lipinski definition) is 2. The number of hydrogen-bond acceptors (Lipinski definition) is 4. The number of carbonyl (C=O) groups excluding carboxylic acids is 1. The van der Waals surface area contributed by atoms with Crippen LogP contribution in [0.1, 0.15) is 38.5 Å². The van der Waals surface area contributed by atoms with Crippen molar-refractivity contribution in [3.63, 3.8) is 0 Å². The summed E-state index contributed by atoms with van der Waals surface area (Å²) in [5.41, 5.74) is 5.26. The first-order chi connectivity index (χ1) is 9.61. The van der Waals surface area contributed by atoms with Crippen LogP contribution in [0.5, 0.6) is 0 Å². The third-order valence-corrected chi connectivity index (χ3v) is 5.54. The van der Waals surface area contributed by atoms with Gasteiger partial charge in [0, 0.05) is 37.3 Å². The van der Waals surface area contributed by atoms with Crippen LogP contribution in [0.15, 0.2) is 0 Å². The number of nitrogens with zero attached hydrogens (tertiary/aromatic N) is 2. The van der Waals surface area contributed by atoms with Crippen molar-refractivity contribution in [2.75, 3.05) is 26.7 Å². The van der Waals surface area contributed by atoms with Gasteiger partial charge in [-0.05, 0) is 45.6 Å². The molecule has 0 spiro atoms. The van der Waals surface area contributed by atoms with Crippen molar-refractivity contribution < 1.29 is 4.79 Å². The number of nitrogens with one attached hydrogen (secondary N) is 1. The molecule has 0 aliphatic carbocycles. The molecule has 114 valence electrons. The second kappa shape index (κ2) is 6.00. The molecule has 3 rings (SSSR count). The zero-order valence-corrected chi connectivity index (χ0v) is 12.6. The van der Waals surface area contributed by atoms with Gasteiger partial charge in [-0.15, -0.1) is 0 Å². The van der Waals surface area contributed by atoms with E-state index in [1.807, 2.05) is 0 Å². The van der Waals surface area contributed by atoms with E-state index in [1.54, 1.807) is 0 Å². The SMILES string of the molecule is CN1C2CCC1CC(NC1CCN(CC(N)=O)CC1)C2. The summed E-state index contributed by atoms with van der Waals surface area (Å²) in [5, 5.41) is 3.88. The van der Waals surface area contributed by atoms with E-state index >= 15 is 0 Å². The Bertz CT molecular complexity index is 340. The summed E-state index contributed by atoms with van der Waals surface area (Å²) in [7, 11) is 2.29. The van der Waals surface area contributed by atoms with Gasteiger partial charge in [0.05, 0.1) is 6.54 Å². The fourth-order valence-electron chi connectivity index (χ4n) is 4.36. The molecule has 0 saturated carbocycles. The molecular weight excluding hydrogens is 252 g/mol. The normalized spacial score (nSPS) is 36.4. The Morgan fingerprint density at radius 2 is 1.70 bits per heavy atom. The fourth-order valence-corrected chi connectivity index (χ4v) is 4.36. The first kappa shape index (κ1) is 14.3. The van der Waals surface area contributed by atoms with Gasteiger partial charge in [-0.3, -0.25) is 9.69 Å². The van der Waals surface area contributed by atoms with Gasteiger partial charge in [-0.1, -0.05) is 0 Å². The molecule has 3 N–H and O–H groups in total. The number of carbonyl (C=O) groups is 1. The summed E-state index contributed by atoms with van der Waals surface area (Å²) in [4.78, 5) is 15.7. The molecule has 3 saturated heterocycles. The van der Waals surface area contributed by atoms with Crippen molar-refractivity contribution in [1.29, 1.82) is 0 Å². The number of primary amides is 1. The molecule has 5 nitrogen and oxygen atoms in total. The lowest BCUT2D eigenvalue weighted by Crippen LogP contribution is -2.52. The summed E-state index contributed by atoms with van der Waals surface area (Å²) < 4.78 is 0. The number of nitrogens with two attached hydrogens (primary N) is 1. The predicted octanol–water partition coefficient (Wildman–Crippen LogP) is 0.151. The smallest absolute Gasteiger partial charge is 0.231 e. The highest BCUT2D eigenvalue weighted by atomic mass is 16.1. The predicted molar refractivity (Wildman–Crippen MR) is 79.4 cm³/mol. The van der Waals surface area contributed by atoms with Crippen molar-refractivity contribution >= 4 is 5.91 Å². The standard InChI is InChI=1S/C15H28N4O/c1-18-13-2-3-14(18)9-12(8-13)17-11-4-6-19(7-5-11)10-15(16)20/h11-14,17H,2-10H2,1H3,(H2,16,20). The Hall–Kier alpha value is -0.650. The van der Waals surface area contributed by atoms with E-state index in [4.69, 9.17) is 5.73 Å². The van der Waals surface area contributed by atoms with Gasteiger partial charge in [0.1, 0.15) is 0 Å². The second-order valence-electron chi connectivity index (χ2n) is 6.90. The molecule has 3 aliphatic heterocycles. The van der Waals surface area contributed by atoms with Crippen LogP contribution in [-0.2, 0) is 4.79 Å². The molecule has 0 aromatic heterocycles. The highest BCUT2D eigenvalue weighted by Crippen LogP contribution is 2.34. The molecule has 5 heteroatoms. The van der Waals surface area contributed by atoms with Crippen LogP contribution >= 0.6 is 0 Å². The summed E-state index contributed by atoms with van der Waals surface area (Å²) >= 11 is 0. The molecule has 20 heavy (non-hydrogen) atoms. The van der Waals surface area contributed by atoms with Crippen LogP contribution in [0.25, 0.3) is 0 Å². The van der Waals surface area contributed by atoms with Crippen molar-refractivity contribution in [1.82, 2.24) is 15.1 Å². The molecule has 2 unspecified atom stereocenters. The largest absolute Gasteiger partial charge is 0.369 e. The minimum atomic E-state index is -0.205. The lowest BCUT2D eigenvalue weighted by atomic mass is 9.95. The highest BCUT2D eigenvalue weighted by molar-refractivity contribution is 5.75. The molecular formula is C15H28N4O. The van der Waals surface area contributed by atoms with E-state index in [9.17, 15) is 4.79 Å². The zero-order valence-electron chi connectivity index (χ0n) is 12.6. The Balaban J connectivity index is 1.43. The molecule has 3 aliphatic rings. The van der Waals surface area contributed by atoms with Gasteiger partial charge in [-0.25, -0.2) is 0 Å². The van der Waals surface area contributed by atoms with Crippen LogP contribution in [0.2, 0.25) is 0 Å². The van der Waals surface area contributed by atoms with Crippen LogP contribution in [0.4, 0.5) is 0 Å². The number of fused-ring (bicyclic) bond motifs is 2. The van der Waals surface area contributed by atoms with E-state index in [1.165, 1.54) is 25.7 Å². The molecule has 0 aromatic rings. The van der Waals surface area contributed by atoms with E-state index in [2.05, 4.69) is 22.2 Å². The maximum absolute atomic E-state index is 10.9. The molecule has 1 amide bonds. The van der Waals surface area contributed by atoms with Gasteiger partial charge in [-0.2, -0.15) is 0 Å². The molecule has 2 atom stereocenters. The minimum Gasteiger partial charge on any atom is -0.369 e. The lowest BCUT2D eigenvalue weighted by molar-refractivity contribution is -0.119. The minimum absolute atomic E-state index is 0.205. The number of piperidine rings is 2. The fraction of sp³-hybridized carbons (Fsp3) is 0.933. The topological polar surface area (TPSA) is 61.6 Å². The van der Waals surface area contributed by atoms with Crippen LogP contribution in [0, 0.1) is 0 Å². The molecule has 2 bridgehead atoms. The number of likely N-dealkylation sites (tertiary alicyclic amines) is 1. The first-order valence-corrected chi connectivity index (χ1v) is 8.10. The van der Waals surface area contributed by atoms with Crippen LogP contribution in [0.3, 0.4) is 0 Å². The molecule has 0 radical (unpaired) electrons. The van der Waals surface area contributed by atoms with Gasteiger partial charge in [0.25, 0.3) is 0 Å². The Morgan fingerprint density at radius 3 is 2.25 bits per heavy atom. The summed E-state index contributed by atoms with van der Waals surface area (Å²) in [5.74, 6) is -0.205. The summed E-state index contributed by atoms with van der Waals surface area (Å²) in [6.07, 6.45) is 7.69.